The summed E-state index contributed by atoms with van der Waals surface area (Å²) in [6.45, 7) is 8.33. The van der Waals surface area contributed by atoms with Crippen LogP contribution in [0.25, 0.3) is 0 Å². The molecule has 0 bridgehead atoms. The third-order valence-electron chi connectivity index (χ3n) is 3.63. The lowest BCUT2D eigenvalue weighted by molar-refractivity contribution is 0.102. The fourth-order valence-corrected chi connectivity index (χ4v) is 2.44. The molecule has 0 saturated heterocycles. The van der Waals surface area contributed by atoms with Crippen molar-refractivity contribution in [1.29, 1.82) is 0 Å². The van der Waals surface area contributed by atoms with E-state index >= 15 is 0 Å². The van der Waals surface area contributed by atoms with Crippen LogP contribution < -0.4 is 10.2 Å². The third kappa shape index (κ3) is 4.81. The van der Waals surface area contributed by atoms with E-state index in [0.29, 0.717) is 11.3 Å². The van der Waals surface area contributed by atoms with Gasteiger partial charge in [0.15, 0.2) is 0 Å². The van der Waals surface area contributed by atoms with Gasteiger partial charge in [-0.25, -0.2) is 4.98 Å². The Bertz CT molecular complexity index is 614. The van der Waals surface area contributed by atoms with E-state index in [2.05, 4.69) is 29.0 Å². The lowest BCUT2D eigenvalue weighted by Crippen LogP contribution is -2.25. The van der Waals surface area contributed by atoms with Crippen LogP contribution in [0.5, 0.6) is 0 Å². The lowest BCUT2D eigenvalue weighted by atomic mass is 10.1. The number of aromatic nitrogens is 1. The Labute approximate surface area is 138 Å². The van der Waals surface area contributed by atoms with Gasteiger partial charge in [-0.05, 0) is 44.0 Å². The highest BCUT2D eigenvalue weighted by molar-refractivity contribution is 6.04. The zero-order chi connectivity index (χ0) is 16.7. The molecular formula is C19H25N3O. The van der Waals surface area contributed by atoms with Crippen LogP contribution in [0.2, 0.25) is 0 Å². The molecule has 4 heteroatoms. The maximum atomic E-state index is 12.2. The van der Waals surface area contributed by atoms with Gasteiger partial charge in [-0.2, -0.15) is 0 Å². The van der Waals surface area contributed by atoms with Crippen molar-refractivity contribution in [3.05, 3.63) is 53.7 Å². The highest BCUT2D eigenvalue weighted by Gasteiger charge is 2.08. The monoisotopic (exact) mass is 311 g/mol. The van der Waals surface area contributed by atoms with Gasteiger partial charge in [0.2, 0.25) is 0 Å². The summed E-state index contributed by atoms with van der Waals surface area (Å²) in [5, 5.41) is 2.89. The molecule has 4 nitrogen and oxygen atoms in total. The number of hydrogen-bond acceptors (Lipinski definition) is 3. The van der Waals surface area contributed by atoms with Gasteiger partial charge in [0, 0.05) is 18.7 Å². The second-order valence-electron chi connectivity index (χ2n) is 5.71. The topological polar surface area (TPSA) is 45.2 Å². The smallest absolute Gasteiger partial charge is 0.255 e. The number of benzene rings is 1. The van der Waals surface area contributed by atoms with Crippen LogP contribution >= 0.6 is 0 Å². The normalized spacial score (nSPS) is 10.4. The maximum absolute atomic E-state index is 12.2. The predicted octanol–water partition coefficient (Wildman–Crippen LogP) is 4.27. The number of nitrogens with one attached hydrogen (secondary N) is 1. The molecule has 1 aromatic heterocycles. The van der Waals surface area contributed by atoms with E-state index < -0.39 is 0 Å². The Morgan fingerprint density at radius 2 is 1.70 bits per heavy atom. The van der Waals surface area contributed by atoms with E-state index in [0.717, 1.165) is 37.3 Å². The number of hydrogen-bond donors (Lipinski definition) is 1. The Morgan fingerprint density at radius 1 is 1.04 bits per heavy atom. The first-order valence-electron chi connectivity index (χ1n) is 8.23. The molecule has 0 fully saturated rings. The molecule has 0 aliphatic carbocycles. The molecule has 0 atom stereocenters. The molecule has 0 aliphatic rings. The lowest BCUT2D eigenvalue weighted by Gasteiger charge is -2.22. The quantitative estimate of drug-likeness (QED) is 0.830. The summed E-state index contributed by atoms with van der Waals surface area (Å²) in [4.78, 5) is 19.0. The number of rotatable bonds is 7. The van der Waals surface area contributed by atoms with Gasteiger partial charge in [-0.3, -0.25) is 4.79 Å². The summed E-state index contributed by atoms with van der Waals surface area (Å²) in [5.74, 6) is 0.848. The van der Waals surface area contributed by atoms with Gasteiger partial charge in [0.05, 0.1) is 11.9 Å². The van der Waals surface area contributed by atoms with E-state index in [1.807, 2.05) is 43.3 Å². The van der Waals surface area contributed by atoms with Gasteiger partial charge < -0.3 is 10.2 Å². The molecule has 1 heterocycles. The number of carbonyl (C=O) groups is 1. The molecule has 23 heavy (non-hydrogen) atoms. The molecular weight excluding hydrogens is 286 g/mol. The molecule has 0 unspecified atom stereocenters. The van der Waals surface area contributed by atoms with Crippen LogP contribution in [-0.4, -0.2) is 24.0 Å². The molecule has 0 aliphatic heterocycles. The van der Waals surface area contributed by atoms with Crippen molar-refractivity contribution in [2.24, 2.45) is 0 Å². The van der Waals surface area contributed by atoms with E-state index in [1.165, 1.54) is 0 Å². The fourth-order valence-electron chi connectivity index (χ4n) is 2.44. The first-order chi connectivity index (χ1) is 11.1. The number of nitrogens with zero attached hydrogens (tertiary/aromatic N) is 2. The number of anilines is 2. The van der Waals surface area contributed by atoms with Crippen molar-refractivity contribution in [3.63, 3.8) is 0 Å². The minimum absolute atomic E-state index is 0.112. The summed E-state index contributed by atoms with van der Waals surface area (Å²) >= 11 is 0. The minimum atomic E-state index is -0.112. The van der Waals surface area contributed by atoms with Crippen LogP contribution in [-0.2, 0) is 0 Å². The van der Waals surface area contributed by atoms with Gasteiger partial charge in [0.25, 0.3) is 5.91 Å². The zero-order valence-corrected chi connectivity index (χ0v) is 14.2. The summed E-state index contributed by atoms with van der Waals surface area (Å²) in [5.41, 5.74) is 2.50. The molecule has 0 saturated carbocycles. The predicted molar refractivity (Wildman–Crippen MR) is 96.2 cm³/mol. The average molecular weight is 311 g/mol. The number of aryl methyl sites for hydroxylation is 1. The van der Waals surface area contributed by atoms with Crippen molar-refractivity contribution >= 4 is 17.4 Å². The standard InChI is InChI=1S/C19H25N3O/c1-4-12-22(13-5-2)18-11-10-17(14-20-18)21-19(23)16-8-6-15(3)7-9-16/h6-11,14H,4-5,12-13H2,1-3H3,(H,21,23). The largest absolute Gasteiger partial charge is 0.357 e. The highest BCUT2D eigenvalue weighted by atomic mass is 16.1. The summed E-state index contributed by atoms with van der Waals surface area (Å²) in [7, 11) is 0. The van der Waals surface area contributed by atoms with Gasteiger partial charge in [0.1, 0.15) is 5.82 Å². The second-order valence-corrected chi connectivity index (χ2v) is 5.71. The zero-order valence-electron chi connectivity index (χ0n) is 14.2. The van der Waals surface area contributed by atoms with E-state index in [4.69, 9.17) is 0 Å². The van der Waals surface area contributed by atoms with Gasteiger partial charge in [-0.15, -0.1) is 0 Å². The van der Waals surface area contributed by atoms with Crippen molar-refractivity contribution in [1.82, 2.24) is 4.98 Å². The number of carbonyl (C=O) groups excluding carboxylic acids is 1. The highest BCUT2D eigenvalue weighted by Crippen LogP contribution is 2.16. The SMILES string of the molecule is CCCN(CCC)c1ccc(NC(=O)c2ccc(C)cc2)cn1. The van der Waals surface area contributed by atoms with Crippen LogP contribution in [0.1, 0.15) is 42.6 Å². The van der Waals surface area contributed by atoms with E-state index in [1.54, 1.807) is 6.20 Å². The first-order valence-corrected chi connectivity index (χ1v) is 8.23. The minimum Gasteiger partial charge on any atom is -0.357 e. The Balaban J connectivity index is 2.04. The van der Waals surface area contributed by atoms with Crippen molar-refractivity contribution < 1.29 is 4.79 Å². The van der Waals surface area contributed by atoms with Crippen LogP contribution in [0.15, 0.2) is 42.6 Å². The molecule has 2 rings (SSSR count). The third-order valence-corrected chi connectivity index (χ3v) is 3.63. The van der Waals surface area contributed by atoms with E-state index in [-0.39, 0.29) is 5.91 Å². The van der Waals surface area contributed by atoms with Gasteiger partial charge >= 0.3 is 0 Å². The Hall–Kier alpha value is -2.36. The molecule has 1 aromatic carbocycles. The van der Waals surface area contributed by atoms with Crippen molar-refractivity contribution in [2.45, 2.75) is 33.6 Å². The maximum Gasteiger partial charge on any atom is 0.255 e. The van der Waals surface area contributed by atoms with Crippen LogP contribution in [0, 0.1) is 6.92 Å². The Morgan fingerprint density at radius 3 is 2.22 bits per heavy atom. The van der Waals surface area contributed by atoms with E-state index in [9.17, 15) is 4.79 Å². The molecule has 1 amide bonds. The molecule has 0 radical (unpaired) electrons. The summed E-state index contributed by atoms with van der Waals surface area (Å²) in [6.07, 6.45) is 3.90. The summed E-state index contributed by atoms with van der Waals surface area (Å²) < 4.78 is 0. The first kappa shape index (κ1) is 17.0. The Kier molecular flexibility index (Phi) is 6.15. The van der Waals surface area contributed by atoms with Crippen molar-refractivity contribution in [3.8, 4) is 0 Å². The molecule has 1 N–H and O–H groups in total. The molecule has 2 aromatic rings. The van der Waals surface area contributed by atoms with Crippen molar-refractivity contribution in [2.75, 3.05) is 23.3 Å². The summed E-state index contributed by atoms with van der Waals surface area (Å²) in [6, 6.07) is 11.4. The molecule has 122 valence electrons. The average Bonchev–Trinajstić information content (AvgIpc) is 2.56. The number of amides is 1. The van der Waals surface area contributed by atoms with Crippen LogP contribution in [0.4, 0.5) is 11.5 Å². The fraction of sp³-hybridized carbons (Fsp3) is 0.368. The second kappa shape index (κ2) is 8.32. The van der Waals surface area contributed by atoms with Crippen LogP contribution in [0.3, 0.4) is 0 Å². The number of pyridine rings is 1. The van der Waals surface area contributed by atoms with Gasteiger partial charge in [-0.1, -0.05) is 31.5 Å². The molecule has 0 spiro atoms.